The molecular weight excluding hydrogens is 228 g/mol. The standard InChI is InChI=1S/C14H20N2O2/c1-11-14(17)16(10-6-2-5-9-15)12-7-3-4-8-13(12)18-11/h3-4,7-8,11H,2,5-6,9-10,15H2,1H3. The van der Waals surface area contributed by atoms with Crippen LogP contribution in [0.25, 0.3) is 0 Å². The Kier molecular flexibility index (Phi) is 4.20. The van der Waals surface area contributed by atoms with Gasteiger partial charge in [-0.05, 0) is 38.4 Å². The van der Waals surface area contributed by atoms with Gasteiger partial charge < -0.3 is 15.4 Å². The second-order valence-electron chi connectivity index (χ2n) is 4.57. The zero-order valence-corrected chi connectivity index (χ0v) is 10.8. The van der Waals surface area contributed by atoms with Crippen LogP contribution in [0.2, 0.25) is 0 Å². The molecular formula is C14H20N2O2. The number of unbranched alkanes of at least 4 members (excludes halogenated alkanes) is 2. The maximum Gasteiger partial charge on any atom is 0.267 e. The Morgan fingerprint density at radius 1 is 1.28 bits per heavy atom. The van der Waals surface area contributed by atoms with E-state index in [9.17, 15) is 4.79 Å². The van der Waals surface area contributed by atoms with Gasteiger partial charge in [-0.25, -0.2) is 0 Å². The molecule has 0 saturated carbocycles. The van der Waals surface area contributed by atoms with E-state index < -0.39 is 6.10 Å². The molecule has 0 aliphatic carbocycles. The molecule has 1 aliphatic rings. The number of carbonyl (C=O) groups is 1. The molecule has 1 atom stereocenters. The summed E-state index contributed by atoms with van der Waals surface area (Å²) >= 11 is 0. The number of para-hydroxylation sites is 2. The summed E-state index contributed by atoms with van der Waals surface area (Å²) in [6, 6.07) is 7.69. The number of benzene rings is 1. The van der Waals surface area contributed by atoms with E-state index >= 15 is 0 Å². The van der Waals surface area contributed by atoms with Gasteiger partial charge in [0, 0.05) is 6.54 Å². The Balaban J connectivity index is 2.09. The third-order valence-electron chi connectivity index (χ3n) is 3.16. The van der Waals surface area contributed by atoms with Crippen molar-refractivity contribution in [2.45, 2.75) is 32.3 Å². The first-order valence-electron chi connectivity index (χ1n) is 6.51. The van der Waals surface area contributed by atoms with Crippen LogP contribution in [0, 0.1) is 0 Å². The normalized spacial score (nSPS) is 18.4. The Morgan fingerprint density at radius 2 is 2.06 bits per heavy atom. The van der Waals surface area contributed by atoms with Gasteiger partial charge in [-0.15, -0.1) is 0 Å². The predicted molar refractivity (Wildman–Crippen MR) is 71.8 cm³/mol. The van der Waals surface area contributed by atoms with E-state index in [0.29, 0.717) is 6.54 Å². The smallest absolute Gasteiger partial charge is 0.267 e. The van der Waals surface area contributed by atoms with Gasteiger partial charge in [-0.1, -0.05) is 18.6 Å². The van der Waals surface area contributed by atoms with Gasteiger partial charge >= 0.3 is 0 Å². The molecule has 4 nitrogen and oxygen atoms in total. The monoisotopic (exact) mass is 248 g/mol. The van der Waals surface area contributed by atoms with Gasteiger partial charge in [-0.3, -0.25) is 4.79 Å². The third kappa shape index (κ3) is 2.64. The summed E-state index contributed by atoms with van der Waals surface area (Å²) in [4.78, 5) is 14.0. The number of ether oxygens (including phenoxy) is 1. The molecule has 4 heteroatoms. The van der Waals surface area contributed by atoms with Crippen LogP contribution < -0.4 is 15.4 Å². The van der Waals surface area contributed by atoms with E-state index in [-0.39, 0.29) is 5.91 Å². The van der Waals surface area contributed by atoms with Crippen LogP contribution >= 0.6 is 0 Å². The van der Waals surface area contributed by atoms with Crippen LogP contribution in [0.3, 0.4) is 0 Å². The number of amides is 1. The molecule has 1 aliphatic heterocycles. The number of hydrogen-bond donors (Lipinski definition) is 1. The van der Waals surface area contributed by atoms with Gasteiger partial charge in [0.25, 0.3) is 5.91 Å². The largest absolute Gasteiger partial charge is 0.479 e. The lowest BCUT2D eigenvalue weighted by Gasteiger charge is -2.33. The van der Waals surface area contributed by atoms with Gasteiger partial charge in [0.1, 0.15) is 5.75 Å². The SMILES string of the molecule is CC1Oc2ccccc2N(CCCCCN)C1=O. The topological polar surface area (TPSA) is 55.6 Å². The molecule has 2 N–H and O–H groups in total. The number of rotatable bonds is 5. The van der Waals surface area contributed by atoms with Crippen LogP contribution in [-0.2, 0) is 4.79 Å². The van der Waals surface area contributed by atoms with E-state index in [1.165, 1.54) is 0 Å². The molecule has 0 aromatic heterocycles. The number of nitrogens with zero attached hydrogens (tertiary/aromatic N) is 1. The minimum absolute atomic E-state index is 0.0430. The summed E-state index contributed by atoms with van der Waals surface area (Å²) in [5.74, 6) is 0.838. The van der Waals surface area contributed by atoms with Gasteiger partial charge in [0.2, 0.25) is 0 Å². The van der Waals surface area contributed by atoms with Crippen molar-refractivity contribution in [2.24, 2.45) is 5.73 Å². The summed E-state index contributed by atoms with van der Waals surface area (Å²) in [5, 5.41) is 0. The fourth-order valence-electron chi connectivity index (χ4n) is 2.18. The van der Waals surface area contributed by atoms with Crippen molar-refractivity contribution in [2.75, 3.05) is 18.0 Å². The van der Waals surface area contributed by atoms with Crippen molar-refractivity contribution in [3.63, 3.8) is 0 Å². The Morgan fingerprint density at radius 3 is 2.83 bits per heavy atom. The zero-order chi connectivity index (χ0) is 13.0. The van der Waals surface area contributed by atoms with Crippen molar-refractivity contribution >= 4 is 11.6 Å². The van der Waals surface area contributed by atoms with Crippen molar-refractivity contribution in [3.8, 4) is 5.75 Å². The average Bonchev–Trinajstić information content (AvgIpc) is 2.38. The van der Waals surface area contributed by atoms with Gasteiger partial charge in [0.15, 0.2) is 6.10 Å². The molecule has 98 valence electrons. The van der Waals surface area contributed by atoms with Crippen molar-refractivity contribution < 1.29 is 9.53 Å². The third-order valence-corrected chi connectivity index (χ3v) is 3.16. The summed E-state index contributed by atoms with van der Waals surface area (Å²) < 4.78 is 5.59. The molecule has 0 spiro atoms. The molecule has 1 unspecified atom stereocenters. The van der Waals surface area contributed by atoms with Gasteiger partial charge in [-0.2, -0.15) is 0 Å². The predicted octanol–water partition coefficient (Wildman–Crippen LogP) is 1.93. The number of hydrogen-bond acceptors (Lipinski definition) is 3. The molecule has 1 heterocycles. The molecule has 1 aromatic carbocycles. The number of carbonyl (C=O) groups excluding carboxylic acids is 1. The highest BCUT2D eigenvalue weighted by atomic mass is 16.5. The Bertz CT molecular complexity index is 420. The lowest BCUT2D eigenvalue weighted by molar-refractivity contribution is -0.125. The number of nitrogens with two attached hydrogens (primary N) is 1. The molecule has 0 radical (unpaired) electrons. The second-order valence-corrected chi connectivity index (χ2v) is 4.57. The molecule has 0 bridgehead atoms. The summed E-state index contributed by atoms with van der Waals surface area (Å²) in [6.07, 6.45) is 2.65. The first-order valence-corrected chi connectivity index (χ1v) is 6.51. The summed E-state index contributed by atoms with van der Waals surface area (Å²) in [7, 11) is 0. The lowest BCUT2D eigenvalue weighted by Crippen LogP contribution is -2.44. The van der Waals surface area contributed by atoms with E-state index in [0.717, 1.165) is 37.2 Å². The zero-order valence-electron chi connectivity index (χ0n) is 10.8. The van der Waals surface area contributed by atoms with E-state index in [1.54, 1.807) is 6.92 Å². The van der Waals surface area contributed by atoms with Crippen LogP contribution in [0.4, 0.5) is 5.69 Å². The molecule has 0 saturated heterocycles. The Hall–Kier alpha value is -1.55. The van der Waals surface area contributed by atoms with Crippen molar-refractivity contribution in [3.05, 3.63) is 24.3 Å². The van der Waals surface area contributed by atoms with Crippen LogP contribution in [-0.4, -0.2) is 25.1 Å². The van der Waals surface area contributed by atoms with E-state index in [1.807, 2.05) is 29.2 Å². The molecule has 18 heavy (non-hydrogen) atoms. The number of fused-ring (bicyclic) bond motifs is 1. The highest BCUT2D eigenvalue weighted by molar-refractivity contribution is 5.99. The highest BCUT2D eigenvalue weighted by Gasteiger charge is 2.30. The fraction of sp³-hybridized carbons (Fsp3) is 0.500. The van der Waals surface area contributed by atoms with Gasteiger partial charge in [0.05, 0.1) is 5.69 Å². The number of anilines is 1. The summed E-state index contributed by atoms with van der Waals surface area (Å²) in [5.41, 5.74) is 6.36. The van der Waals surface area contributed by atoms with Crippen molar-refractivity contribution in [1.29, 1.82) is 0 Å². The van der Waals surface area contributed by atoms with Crippen molar-refractivity contribution in [1.82, 2.24) is 0 Å². The maximum absolute atomic E-state index is 12.1. The molecule has 1 aromatic rings. The average molecular weight is 248 g/mol. The maximum atomic E-state index is 12.1. The first kappa shape index (κ1) is 12.9. The minimum atomic E-state index is -0.394. The second kappa shape index (κ2) is 5.87. The molecule has 2 rings (SSSR count). The first-order chi connectivity index (χ1) is 8.74. The highest BCUT2D eigenvalue weighted by Crippen LogP contribution is 2.33. The van der Waals surface area contributed by atoms with Crippen LogP contribution in [0.1, 0.15) is 26.2 Å². The summed E-state index contributed by atoms with van der Waals surface area (Å²) in [6.45, 7) is 3.25. The molecule has 0 fully saturated rings. The Labute approximate surface area is 108 Å². The minimum Gasteiger partial charge on any atom is -0.479 e. The lowest BCUT2D eigenvalue weighted by atomic mass is 10.1. The van der Waals surface area contributed by atoms with Crippen LogP contribution in [0.5, 0.6) is 5.75 Å². The quantitative estimate of drug-likeness (QED) is 0.810. The molecule has 1 amide bonds. The van der Waals surface area contributed by atoms with E-state index in [4.69, 9.17) is 10.5 Å². The fourth-order valence-corrected chi connectivity index (χ4v) is 2.18. The van der Waals surface area contributed by atoms with Crippen LogP contribution in [0.15, 0.2) is 24.3 Å². The van der Waals surface area contributed by atoms with E-state index in [2.05, 4.69) is 0 Å².